The first-order valence-corrected chi connectivity index (χ1v) is 10.4. The molecule has 4 aromatic rings. The SMILES string of the molecule is Nc1noc2c(N3CCC(NC(=O)c4ccc(-c5cc[nH]c5)cc4Cl)C3)ncc(Cl)c12. The third-order valence-corrected chi connectivity index (χ3v) is 6.03. The maximum atomic E-state index is 12.8. The van der Waals surface area contributed by atoms with E-state index in [0.29, 0.717) is 45.5 Å². The summed E-state index contributed by atoms with van der Waals surface area (Å²) in [6, 6.07) is 7.30. The van der Waals surface area contributed by atoms with Crippen LogP contribution in [0.5, 0.6) is 0 Å². The predicted molar refractivity (Wildman–Crippen MR) is 121 cm³/mol. The lowest BCUT2D eigenvalue weighted by molar-refractivity contribution is 0.0940. The number of fused-ring (bicyclic) bond motifs is 1. The zero-order valence-electron chi connectivity index (χ0n) is 16.2. The molecule has 1 fully saturated rings. The number of aromatic nitrogens is 3. The number of benzene rings is 1. The molecule has 1 unspecified atom stereocenters. The summed E-state index contributed by atoms with van der Waals surface area (Å²) in [5.74, 6) is 0.621. The lowest BCUT2D eigenvalue weighted by atomic mass is 10.1. The van der Waals surface area contributed by atoms with Crippen LogP contribution in [0.15, 0.2) is 47.4 Å². The van der Waals surface area contributed by atoms with Gasteiger partial charge in [0.15, 0.2) is 11.6 Å². The van der Waals surface area contributed by atoms with Crippen molar-refractivity contribution in [1.29, 1.82) is 0 Å². The van der Waals surface area contributed by atoms with E-state index in [9.17, 15) is 4.79 Å². The van der Waals surface area contributed by atoms with Crippen LogP contribution in [0.1, 0.15) is 16.8 Å². The van der Waals surface area contributed by atoms with Gasteiger partial charge in [0.2, 0.25) is 5.58 Å². The Morgan fingerprint density at radius 2 is 2.13 bits per heavy atom. The molecule has 1 aliphatic heterocycles. The minimum atomic E-state index is -0.212. The number of aromatic amines is 1. The zero-order chi connectivity index (χ0) is 21.5. The summed E-state index contributed by atoms with van der Waals surface area (Å²) in [4.78, 5) is 22.2. The number of nitrogens with two attached hydrogens (primary N) is 1. The molecule has 1 amide bonds. The number of halogens is 2. The van der Waals surface area contributed by atoms with E-state index in [0.717, 1.165) is 17.5 Å². The quantitative estimate of drug-likeness (QED) is 0.425. The number of hydrogen-bond donors (Lipinski definition) is 3. The summed E-state index contributed by atoms with van der Waals surface area (Å²) in [6.07, 6.45) is 6.00. The molecule has 3 aromatic heterocycles. The highest BCUT2D eigenvalue weighted by Gasteiger charge is 2.29. The highest BCUT2D eigenvalue weighted by atomic mass is 35.5. The van der Waals surface area contributed by atoms with E-state index in [1.54, 1.807) is 12.1 Å². The van der Waals surface area contributed by atoms with Crippen LogP contribution in [-0.2, 0) is 0 Å². The number of anilines is 2. The van der Waals surface area contributed by atoms with Gasteiger partial charge >= 0.3 is 0 Å². The van der Waals surface area contributed by atoms with E-state index in [-0.39, 0.29) is 17.8 Å². The maximum absolute atomic E-state index is 12.8. The number of rotatable bonds is 4. The van der Waals surface area contributed by atoms with E-state index in [2.05, 4.69) is 20.4 Å². The van der Waals surface area contributed by atoms with Crippen molar-refractivity contribution in [2.75, 3.05) is 23.7 Å². The van der Waals surface area contributed by atoms with Crippen molar-refractivity contribution < 1.29 is 9.32 Å². The first kappa shape index (κ1) is 19.7. The van der Waals surface area contributed by atoms with Crippen LogP contribution in [0, 0.1) is 0 Å². The van der Waals surface area contributed by atoms with Gasteiger partial charge in [0.25, 0.3) is 5.91 Å². The Bertz CT molecular complexity index is 1270. The Labute approximate surface area is 187 Å². The average Bonchev–Trinajstić information content (AvgIpc) is 3.50. The molecular formula is C21H18Cl2N6O2. The second-order valence-electron chi connectivity index (χ2n) is 7.40. The second kappa shape index (κ2) is 7.79. The van der Waals surface area contributed by atoms with Gasteiger partial charge in [0.05, 0.1) is 21.0 Å². The topological polar surface area (TPSA) is 113 Å². The summed E-state index contributed by atoms with van der Waals surface area (Å²) in [6.45, 7) is 1.25. The van der Waals surface area contributed by atoms with Crippen molar-refractivity contribution in [2.24, 2.45) is 0 Å². The van der Waals surface area contributed by atoms with Crippen LogP contribution in [0.2, 0.25) is 10.0 Å². The first-order chi connectivity index (χ1) is 15.0. The number of amides is 1. The fourth-order valence-corrected chi connectivity index (χ4v) is 4.37. The molecule has 1 saturated heterocycles. The van der Waals surface area contributed by atoms with Crippen LogP contribution in [-0.4, -0.2) is 40.2 Å². The van der Waals surface area contributed by atoms with Crippen LogP contribution in [0.4, 0.5) is 11.6 Å². The smallest absolute Gasteiger partial charge is 0.253 e. The number of hydrogen-bond acceptors (Lipinski definition) is 6. The fourth-order valence-electron chi connectivity index (χ4n) is 3.87. The molecule has 158 valence electrons. The lowest BCUT2D eigenvalue weighted by Gasteiger charge is -2.18. The van der Waals surface area contributed by atoms with E-state index in [1.165, 1.54) is 6.20 Å². The Hall–Kier alpha value is -3.23. The Morgan fingerprint density at radius 1 is 1.26 bits per heavy atom. The highest BCUT2D eigenvalue weighted by molar-refractivity contribution is 6.36. The highest BCUT2D eigenvalue weighted by Crippen LogP contribution is 2.35. The van der Waals surface area contributed by atoms with Gasteiger partial charge in [-0.15, -0.1) is 0 Å². The van der Waals surface area contributed by atoms with Gasteiger partial charge in [0.1, 0.15) is 0 Å². The number of H-pyrrole nitrogens is 1. The van der Waals surface area contributed by atoms with E-state index in [4.69, 9.17) is 33.5 Å². The third-order valence-electron chi connectivity index (χ3n) is 5.43. The molecule has 31 heavy (non-hydrogen) atoms. The van der Waals surface area contributed by atoms with Crippen LogP contribution in [0.25, 0.3) is 22.1 Å². The van der Waals surface area contributed by atoms with Crippen molar-refractivity contribution in [3.63, 3.8) is 0 Å². The molecule has 10 heteroatoms. The van der Waals surface area contributed by atoms with Crippen LogP contribution >= 0.6 is 23.2 Å². The Morgan fingerprint density at radius 3 is 2.90 bits per heavy atom. The fraction of sp³-hybridized carbons (Fsp3) is 0.190. The Kier molecular flexibility index (Phi) is 4.95. The molecular weight excluding hydrogens is 439 g/mol. The molecule has 1 atom stereocenters. The van der Waals surface area contributed by atoms with Crippen LogP contribution in [0.3, 0.4) is 0 Å². The van der Waals surface area contributed by atoms with Crippen molar-refractivity contribution in [3.05, 3.63) is 58.5 Å². The van der Waals surface area contributed by atoms with Gasteiger partial charge in [-0.25, -0.2) is 4.98 Å². The molecule has 0 aliphatic carbocycles. The summed E-state index contributed by atoms with van der Waals surface area (Å²) < 4.78 is 5.35. The van der Waals surface area contributed by atoms with E-state index >= 15 is 0 Å². The largest absolute Gasteiger partial charge is 0.380 e. The summed E-state index contributed by atoms with van der Waals surface area (Å²) in [5, 5.41) is 8.20. The van der Waals surface area contributed by atoms with Gasteiger partial charge < -0.3 is 25.5 Å². The third kappa shape index (κ3) is 3.58. The number of pyridine rings is 1. The average molecular weight is 457 g/mol. The van der Waals surface area contributed by atoms with Crippen molar-refractivity contribution in [2.45, 2.75) is 12.5 Å². The van der Waals surface area contributed by atoms with Gasteiger partial charge in [-0.05, 0) is 35.7 Å². The molecule has 0 spiro atoms. The Balaban J connectivity index is 1.30. The molecule has 5 rings (SSSR count). The molecule has 8 nitrogen and oxygen atoms in total. The van der Waals surface area contributed by atoms with Crippen molar-refractivity contribution >= 4 is 51.7 Å². The first-order valence-electron chi connectivity index (χ1n) is 9.69. The summed E-state index contributed by atoms with van der Waals surface area (Å²) >= 11 is 12.6. The number of nitrogens with one attached hydrogen (secondary N) is 2. The second-order valence-corrected chi connectivity index (χ2v) is 8.22. The molecule has 0 radical (unpaired) electrons. The lowest BCUT2D eigenvalue weighted by Crippen LogP contribution is -2.37. The molecule has 1 aliphatic rings. The van der Waals surface area contributed by atoms with E-state index in [1.807, 2.05) is 29.4 Å². The van der Waals surface area contributed by atoms with Crippen molar-refractivity contribution in [3.8, 4) is 11.1 Å². The normalized spacial score (nSPS) is 16.2. The molecule has 1 aromatic carbocycles. The van der Waals surface area contributed by atoms with E-state index < -0.39 is 0 Å². The number of nitrogen functional groups attached to an aromatic ring is 1. The van der Waals surface area contributed by atoms with Gasteiger partial charge in [0, 0.05) is 37.7 Å². The van der Waals surface area contributed by atoms with Gasteiger partial charge in [-0.1, -0.05) is 34.4 Å². The monoisotopic (exact) mass is 456 g/mol. The number of nitrogens with zero attached hydrogens (tertiary/aromatic N) is 3. The summed E-state index contributed by atoms with van der Waals surface area (Å²) in [5.41, 5.74) is 8.69. The standard InChI is InChI=1S/C21H18Cl2N6O2/c22-15-7-11(12-3-5-25-8-12)1-2-14(15)21(30)27-13-4-6-29(10-13)20-18-17(16(23)9-26-20)19(24)28-31-18/h1-3,5,7-9,13,25H,4,6,10H2,(H2,24,28)(H,27,30). The minimum Gasteiger partial charge on any atom is -0.380 e. The van der Waals surface area contributed by atoms with Gasteiger partial charge in [-0.3, -0.25) is 4.79 Å². The summed E-state index contributed by atoms with van der Waals surface area (Å²) in [7, 11) is 0. The van der Waals surface area contributed by atoms with Gasteiger partial charge in [-0.2, -0.15) is 0 Å². The van der Waals surface area contributed by atoms with Crippen molar-refractivity contribution in [1.82, 2.24) is 20.4 Å². The van der Waals surface area contributed by atoms with Crippen LogP contribution < -0.4 is 16.0 Å². The number of carbonyl (C=O) groups is 1. The predicted octanol–water partition coefficient (Wildman–Crippen LogP) is 4.12. The molecule has 0 bridgehead atoms. The zero-order valence-corrected chi connectivity index (χ0v) is 17.7. The maximum Gasteiger partial charge on any atom is 0.253 e. The molecule has 4 N–H and O–H groups in total. The number of carbonyl (C=O) groups excluding carboxylic acids is 1. The molecule has 0 saturated carbocycles. The molecule has 4 heterocycles. The minimum absolute atomic E-state index is 0.0688.